The predicted molar refractivity (Wildman–Crippen MR) is 108 cm³/mol. The van der Waals surface area contributed by atoms with Gasteiger partial charge in [-0.3, -0.25) is 0 Å². The first kappa shape index (κ1) is 18.5. The molecule has 0 radical (unpaired) electrons. The Bertz CT molecular complexity index is 1010. The molecule has 0 bridgehead atoms. The van der Waals surface area contributed by atoms with Gasteiger partial charge in [0.2, 0.25) is 0 Å². The molecule has 2 aromatic heterocycles. The normalized spacial score (nSPS) is 28.1. The average Bonchev–Trinajstić information content (AvgIpc) is 3.35. The summed E-state index contributed by atoms with van der Waals surface area (Å²) in [7, 11) is 0. The molecule has 4 heterocycles. The number of hydrogen-bond donors (Lipinski definition) is 2. The number of nitrogen functional groups attached to an aromatic ring is 1. The minimum absolute atomic E-state index is 0.146. The zero-order valence-electron chi connectivity index (χ0n) is 16.5. The predicted octanol–water partition coefficient (Wildman–Crippen LogP) is 2.22. The highest BCUT2D eigenvalue weighted by Crippen LogP contribution is 2.43. The number of hydrogen-bond acceptors (Lipinski definition) is 7. The number of nitrogens with two attached hydrogens (primary N) is 1. The standard InChI is InChI=1S/C21H25N5O3/c1-21(2)28-16-15(11-23-10-13-6-4-3-5-7-13)27-20(17(16)29-21)26-9-8-14-18(22)24-12-25-19(14)26/h3-9,12,15-17,20,23H,10-11H2,1-2H3,(H2,22,24,25)/t15-,16-,17-,20-/m1/s1. The van der Waals surface area contributed by atoms with E-state index in [1.807, 2.05) is 48.9 Å². The van der Waals surface area contributed by atoms with E-state index in [1.54, 1.807) is 0 Å². The summed E-state index contributed by atoms with van der Waals surface area (Å²) in [6, 6.07) is 12.2. The van der Waals surface area contributed by atoms with Gasteiger partial charge in [-0.1, -0.05) is 30.3 Å². The minimum atomic E-state index is -0.661. The van der Waals surface area contributed by atoms with Crippen molar-refractivity contribution in [3.8, 4) is 0 Å². The Labute approximate surface area is 169 Å². The maximum Gasteiger partial charge on any atom is 0.164 e. The lowest BCUT2D eigenvalue weighted by atomic mass is 10.1. The highest BCUT2D eigenvalue weighted by Gasteiger charge is 2.55. The number of rotatable bonds is 5. The maximum absolute atomic E-state index is 6.40. The molecule has 152 valence electrons. The molecule has 2 aliphatic rings. The molecule has 5 rings (SSSR count). The Morgan fingerprint density at radius 3 is 2.72 bits per heavy atom. The Morgan fingerprint density at radius 2 is 1.90 bits per heavy atom. The van der Waals surface area contributed by atoms with Crippen LogP contribution < -0.4 is 11.1 Å². The lowest BCUT2D eigenvalue weighted by molar-refractivity contribution is -0.195. The van der Waals surface area contributed by atoms with Gasteiger partial charge in [-0.2, -0.15) is 0 Å². The first-order valence-corrected chi connectivity index (χ1v) is 9.84. The number of nitrogens with one attached hydrogen (secondary N) is 1. The lowest BCUT2D eigenvalue weighted by Crippen LogP contribution is -2.37. The summed E-state index contributed by atoms with van der Waals surface area (Å²) in [6.45, 7) is 5.29. The van der Waals surface area contributed by atoms with Crippen molar-refractivity contribution in [1.29, 1.82) is 0 Å². The number of nitrogens with zero attached hydrogens (tertiary/aromatic N) is 3. The van der Waals surface area contributed by atoms with E-state index in [9.17, 15) is 0 Å². The van der Waals surface area contributed by atoms with Crippen molar-refractivity contribution in [2.24, 2.45) is 0 Å². The Kier molecular flexibility index (Phi) is 4.51. The van der Waals surface area contributed by atoms with Crippen molar-refractivity contribution < 1.29 is 14.2 Å². The van der Waals surface area contributed by atoms with Gasteiger partial charge < -0.3 is 29.8 Å². The molecule has 8 nitrogen and oxygen atoms in total. The molecule has 0 amide bonds. The van der Waals surface area contributed by atoms with E-state index in [1.165, 1.54) is 11.9 Å². The number of anilines is 1. The van der Waals surface area contributed by atoms with E-state index in [-0.39, 0.29) is 24.5 Å². The summed E-state index contributed by atoms with van der Waals surface area (Å²) in [5, 5.41) is 4.28. The number of fused-ring (bicyclic) bond motifs is 2. The maximum atomic E-state index is 6.40. The van der Waals surface area contributed by atoms with Crippen molar-refractivity contribution in [3.63, 3.8) is 0 Å². The molecule has 0 aliphatic carbocycles. The molecule has 4 atom stereocenters. The van der Waals surface area contributed by atoms with Gasteiger partial charge in [-0.05, 0) is 25.5 Å². The fourth-order valence-electron chi connectivity index (χ4n) is 4.20. The van der Waals surface area contributed by atoms with Crippen molar-refractivity contribution in [2.75, 3.05) is 12.3 Å². The van der Waals surface area contributed by atoms with Gasteiger partial charge in [0.1, 0.15) is 36.1 Å². The largest absolute Gasteiger partial charge is 0.383 e. The number of benzene rings is 1. The van der Waals surface area contributed by atoms with E-state index in [4.69, 9.17) is 19.9 Å². The first-order chi connectivity index (χ1) is 14.0. The quantitative estimate of drug-likeness (QED) is 0.684. The molecule has 8 heteroatoms. The van der Waals surface area contributed by atoms with Crippen LogP contribution in [0.15, 0.2) is 48.9 Å². The molecule has 1 aromatic carbocycles. The molecule has 29 heavy (non-hydrogen) atoms. The molecule has 0 unspecified atom stereocenters. The van der Waals surface area contributed by atoms with Gasteiger partial charge in [-0.25, -0.2) is 9.97 Å². The van der Waals surface area contributed by atoms with Gasteiger partial charge in [-0.15, -0.1) is 0 Å². The van der Waals surface area contributed by atoms with Gasteiger partial charge >= 0.3 is 0 Å². The average molecular weight is 395 g/mol. The minimum Gasteiger partial charge on any atom is -0.383 e. The zero-order valence-corrected chi connectivity index (χ0v) is 16.5. The van der Waals surface area contributed by atoms with Crippen LogP contribution in [0.5, 0.6) is 0 Å². The van der Waals surface area contributed by atoms with Crippen LogP contribution in [0.25, 0.3) is 11.0 Å². The smallest absolute Gasteiger partial charge is 0.164 e. The van der Waals surface area contributed by atoms with Crippen molar-refractivity contribution in [1.82, 2.24) is 19.9 Å². The summed E-state index contributed by atoms with van der Waals surface area (Å²) >= 11 is 0. The molecule has 0 saturated carbocycles. The number of aromatic nitrogens is 3. The number of ether oxygens (including phenoxy) is 3. The fraction of sp³-hybridized carbons (Fsp3) is 0.429. The van der Waals surface area contributed by atoms with Crippen LogP contribution >= 0.6 is 0 Å². The van der Waals surface area contributed by atoms with Crippen LogP contribution in [0.4, 0.5) is 5.82 Å². The summed E-state index contributed by atoms with van der Waals surface area (Å²) in [4.78, 5) is 8.47. The fourth-order valence-corrected chi connectivity index (χ4v) is 4.20. The van der Waals surface area contributed by atoms with Crippen LogP contribution in [0.1, 0.15) is 25.6 Å². The third-order valence-corrected chi connectivity index (χ3v) is 5.46. The molecule has 2 fully saturated rings. The zero-order chi connectivity index (χ0) is 20.0. The molecule has 2 saturated heterocycles. The van der Waals surface area contributed by atoms with Crippen molar-refractivity contribution in [3.05, 3.63) is 54.5 Å². The second-order valence-corrected chi connectivity index (χ2v) is 7.97. The van der Waals surface area contributed by atoms with Crippen LogP contribution in [-0.2, 0) is 20.8 Å². The van der Waals surface area contributed by atoms with Crippen molar-refractivity contribution in [2.45, 2.75) is 50.7 Å². The summed E-state index contributed by atoms with van der Waals surface area (Å²) in [6.07, 6.45) is 2.49. The molecular weight excluding hydrogens is 370 g/mol. The Hall–Kier alpha value is -2.52. The van der Waals surface area contributed by atoms with Crippen LogP contribution in [0.3, 0.4) is 0 Å². The molecular formula is C21H25N5O3. The van der Waals surface area contributed by atoms with E-state index in [2.05, 4.69) is 27.4 Å². The van der Waals surface area contributed by atoms with Crippen LogP contribution in [0.2, 0.25) is 0 Å². The third-order valence-electron chi connectivity index (χ3n) is 5.46. The van der Waals surface area contributed by atoms with E-state index in [0.29, 0.717) is 12.4 Å². The Morgan fingerprint density at radius 1 is 1.10 bits per heavy atom. The van der Waals surface area contributed by atoms with Gasteiger partial charge in [0.15, 0.2) is 12.0 Å². The SMILES string of the molecule is CC1(C)O[C@@H]2[C@H](O1)[C@@H](CNCc1ccccc1)O[C@H]2n1ccc2c(N)ncnc21. The van der Waals surface area contributed by atoms with Gasteiger partial charge in [0, 0.05) is 19.3 Å². The van der Waals surface area contributed by atoms with Gasteiger partial charge in [0.25, 0.3) is 0 Å². The second kappa shape index (κ2) is 7.07. The Balaban J connectivity index is 1.38. The summed E-state index contributed by atoms with van der Waals surface area (Å²) in [5.74, 6) is -0.209. The second-order valence-electron chi connectivity index (χ2n) is 7.97. The van der Waals surface area contributed by atoms with E-state index >= 15 is 0 Å². The molecule has 3 N–H and O–H groups in total. The monoisotopic (exact) mass is 395 g/mol. The van der Waals surface area contributed by atoms with Crippen molar-refractivity contribution >= 4 is 16.9 Å². The lowest BCUT2D eigenvalue weighted by Gasteiger charge is -2.25. The topological polar surface area (TPSA) is 96.5 Å². The molecule has 2 aliphatic heterocycles. The third kappa shape index (κ3) is 3.38. The first-order valence-electron chi connectivity index (χ1n) is 9.84. The van der Waals surface area contributed by atoms with Crippen LogP contribution in [0, 0.1) is 0 Å². The molecule has 3 aromatic rings. The summed E-state index contributed by atoms with van der Waals surface area (Å²) in [5.41, 5.74) is 7.95. The highest BCUT2D eigenvalue weighted by atomic mass is 16.8. The van der Waals surface area contributed by atoms with E-state index < -0.39 is 5.79 Å². The summed E-state index contributed by atoms with van der Waals surface area (Å²) < 4.78 is 20.8. The van der Waals surface area contributed by atoms with Gasteiger partial charge in [0.05, 0.1) is 5.39 Å². The van der Waals surface area contributed by atoms with E-state index in [0.717, 1.165) is 17.6 Å². The van der Waals surface area contributed by atoms with Crippen LogP contribution in [-0.4, -0.2) is 45.2 Å². The molecule has 0 spiro atoms. The highest BCUT2D eigenvalue weighted by molar-refractivity contribution is 5.86.